The van der Waals surface area contributed by atoms with Crippen LogP contribution in [0.25, 0.3) is 0 Å². The predicted molar refractivity (Wildman–Crippen MR) is 67.3 cm³/mol. The van der Waals surface area contributed by atoms with E-state index in [1.807, 2.05) is 0 Å². The summed E-state index contributed by atoms with van der Waals surface area (Å²) in [5.74, 6) is 1.10. The normalized spacial score (nSPS) is 13.0. The number of aromatic nitrogens is 2. The zero-order chi connectivity index (χ0) is 12.7. The maximum Gasteiger partial charge on any atom is 0.315 e. The van der Waals surface area contributed by atoms with Crippen molar-refractivity contribution in [2.24, 2.45) is 5.92 Å². The van der Waals surface area contributed by atoms with Crippen molar-refractivity contribution in [3.8, 4) is 0 Å². The molecule has 1 heterocycles. The lowest BCUT2D eigenvalue weighted by Gasteiger charge is -2.06. The smallest absolute Gasteiger partial charge is 0.315 e. The van der Waals surface area contributed by atoms with Crippen LogP contribution in [0.5, 0.6) is 0 Å². The lowest BCUT2D eigenvalue weighted by Crippen LogP contribution is -2.11. The van der Waals surface area contributed by atoms with Gasteiger partial charge in [-0.3, -0.25) is 0 Å². The highest BCUT2D eigenvalue weighted by Gasteiger charge is 2.10. The molecule has 0 aliphatic rings. The Labute approximate surface area is 107 Å². The minimum Gasteiger partial charge on any atom is -0.407 e. The maximum atomic E-state index is 5.80. The molecule has 0 radical (unpaired) electrons. The third kappa shape index (κ3) is 5.89. The molecule has 98 valence electrons. The fourth-order valence-corrected chi connectivity index (χ4v) is 1.21. The SMILES string of the molecule is CC(C)CCOCCNc1nnc(C(C)Cl)o1. The van der Waals surface area contributed by atoms with Gasteiger partial charge < -0.3 is 14.5 Å². The summed E-state index contributed by atoms with van der Waals surface area (Å²) < 4.78 is 10.7. The first-order valence-electron chi connectivity index (χ1n) is 5.88. The fourth-order valence-electron chi connectivity index (χ4n) is 1.12. The number of hydrogen-bond acceptors (Lipinski definition) is 5. The van der Waals surface area contributed by atoms with E-state index in [9.17, 15) is 0 Å². The maximum absolute atomic E-state index is 5.80. The molecule has 0 aliphatic heterocycles. The van der Waals surface area contributed by atoms with E-state index in [0.29, 0.717) is 31.0 Å². The number of anilines is 1. The van der Waals surface area contributed by atoms with Crippen LogP contribution in [0.15, 0.2) is 4.42 Å². The van der Waals surface area contributed by atoms with Crippen LogP contribution in [-0.4, -0.2) is 30.0 Å². The number of hydrogen-bond donors (Lipinski definition) is 1. The van der Waals surface area contributed by atoms with Crippen molar-refractivity contribution in [1.82, 2.24) is 10.2 Å². The summed E-state index contributed by atoms with van der Waals surface area (Å²) in [7, 11) is 0. The Balaban J connectivity index is 2.09. The van der Waals surface area contributed by atoms with Gasteiger partial charge in [-0.1, -0.05) is 18.9 Å². The first-order valence-corrected chi connectivity index (χ1v) is 6.32. The number of nitrogens with one attached hydrogen (secondary N) is 1. The van der Waals surface area contributed by atoms with Gasteiger partial charge >= 0.3 is 6.01 Å². The van der Waals surface area contributed by atoms with E-state index in [-0.39, 0.29) is 5.38 Å². The summed E-state index contributed by atoms with van der Waals surface area (Å²) in [4.78, 5) is 0. The molecule has 5 nitrogen and oxygen atoms in total. The number of ether oxygens (including phenoxy) is 1. The van der Waals surface area contributed by atoms with Crippen LogP contribution in [0, 0.1) is 5.92 Å². The molecule has 0 aromatic carbocycles. The van der Waals surface area contributed by atoms with E-state index in [2.05, 4.69) is 29.4 Å². The van der Waals surface area contributed by atoms with Gasteiger partial charge in [-0.25, -0.2) is 0 Å². The molecule has 1 atom stereocenters. The second-order valence-electron chi connectivity index (χ2n) is 4.28. The molecule has 0 amide bonds. The zero-order valence-electron chi connectivity index (χ0n) is 10.6. The van der Waals surface area contributed by atoms with Crippen molar-refractivity contribution in [3.05, 3.63) is 5.89 Å². The van der Waals surface area contributed by atoms with Crippen LogP contribution in [-0.2, 0) is 4.74 Å². The standard InChI is InChI=1S/C11H20ClN3O2/c1-8(2)4-6-16-7-5-13-11-15-14-10(17-11)9(3)12/h8-9H,4-7H2,1-3H3,(H,13,15). The Hall–Kier alpha value is -0.810. The van der Waals surface area contributed by atoms with Crippen molar-refractivity contribution in [2.75, 3.05) is 25.1 Å². The molecule has 1 N–H and O–H groups in total. The minimum absolute atomic E-state index is 0.264. The lowest BCUT2D eigenvalue weighted by atomic mass is 10.1. The van der Waals surface area contributed by atoms with Crippen LogP contribution in [0.1, 0.15) is 38.5 Å². The minimum atomic E-state index is -0.264. The van der Waals surface area contributed by atoms with Crippen molar-refractivity contribution in [1.29, 1.82) is 0 Å². The Kier molecular flexibility index (Phi) is 6.29. The third-order valence-electron chi connectivity index (χ3n) is 2.14. The highest BCUT2D eigenvalue weighted by atomic mass is 35.5. The molecular formula is C11H20ClN3O2. The molecule has 0 aliphatic carbocycles. The molecule has 0 fully saturated rings. The second kappa shape index (κ2) is 7.50. The van der Waals surface area contributed by atoms with Crippen LogP contribution in [0.4, 0.5) is 6.01 Å². The van der Waals surface area contributed by atoms with Gasteiger partial charge in [0.1, 0.15) is 5.38 Å². The van der Waals surface area contributed by atoms with Crippen molar-refractivity contribution < 1.29 is 9.15 Å². The molecular weight excluding hydrogens is 242 g/mol. The quantitative estimate of drug-likeness (QED) is 0.576. The third-order valence-corrected chi connectivity index (χ3v) is 2.33. The molecule has 1 aromatic heterocycles. The largest absolute Gasteiger partial charge is 0.407 e. The summed E-state index contributed by atoms with van der Waals surface area (Å²) in [6.45, 7) is 8.20. The summed E-state index contributed by atoms with van der Waals surface area (Å²) in [5, 5.41) is 10.3. The van der Waals surface area contributed by atoms with Gasteiger partial charge in [0.2, 0.25) is 5.89 Å². The first kappa shape index (κ1) is 14.3. The van der Waals surface area contributed by atoms with E-state index < -0.39 is 0 Å². The monoisotopic (exact) mass is 261 g/mol. The summed E-state index contributed by atoms with van der Waals surface area (Å²) >= 11 is 5.80. The van der Waals surface area contributed by atoms with Crippen molar-refractivity contribution in [2.45, 2.75) is 32.6 Å². The Bertz CT molecular complexity index is 315. The first-order chi connectivity index (χ1) is 8.09. The molecule has 1 aromatic rings. The van der Waals surface area contributed by atoms with E-state index in [4.69, 9.17) is 20.8 Å². The molecule has 0 saturated carbocycles. The summed E-state index contributed by atoms with van der Waals surface area (Å²) in [6, 6.07) is 0.389. The fraction of sp³-hybridized carbons (Fsp3) is 0.818. The van der Waals surface area contributed by atoms with E-state index in [1.54, 1.807) is 6.92 Å². The topological polar surface area (TPSA) is 60.2 Å². The lowest BCUT2D eigenvalue weighted by molar-refractivity contribution is 0.132. The summed E-state index contributed by atoms with van der Waals surface area (Å²) in [5.41, 5.74) is 0. The number of nitrogens with zero attached hydrogens (tertiary/aromatic N) is 2. The Morgan fingerprint density at radius 2 is 2.06 bits per heavy atom. The molecule has 17 heavy (non-hydrogen) atoms. The second-order valence-corrected chi connectivity index (χ2v) is 4.94. The number of rotatable bonds is 8. The average molecular weight is 262 g/mol. The van der Waals surface area contributed by atoms with Gasteiger partial charge in [-0.15, -0.1) is 16.7 Å². The van der Waals surface area contributed by atoms with E-state index in [0.717, 1.165) is 13.0 Å². The number of alkyl halides is 1. The van der Waals surface area contributed by atoms with E-state index in [1.165, 1.54) is 0 Å². The molecule has 0 bridgehead atoms. The Morgan fingerprint density at radius 1 is 1.29 bits per heavy atom. The van der Waals surface area contributed by atoms with Crippen LogP contribution < -0.4 is 5.32 Å². The van der Waals surface area contributed by atoms with Crippen LogP contribution >= 0.6 is 11.6 Å². The molecule has 1 unspecified atom stereocenters. The molecule has 0 spiro atoms. The van der Waals surface area contributed by atoms with Crippen molar-refractivity contribution in [3.63, 3.8) is 0 Å². The van der Waals surface area contributed by atoms with Crippen LogP contribution in [0.2, 0.25) is 0 Å². The zero-order valence-corrected chi connectivity index (χ0v) is 11.3. The van der Waals surface area contributed by atoms with Crippen molar-refractivity contribution >= 4 is 17.6 Å². The van der Waals surface area contributed by atoms with Gasteiger partial charge in [-0.05, 0) is 19.3 Å². The van der Waals surface area contributed by atoms with Gasteiger partial charge in [-0.2, -0.15) is 0 Å². The molecule has 6 heteroatoms. The van der Waals surface area contributed by atoms with Gasteiger partial charge in [0.25, 0.3) is 0 Å². The molecule has 0 saturated heterocycles. The predicted octanol–water partition coefficient (Wildman–Crippen LogP) is 2.84. The van der Waals surface area contributed by atoms with Gasteiger partial charge in [0.15, 0.2) is 0 Å². The van der Waals surface area contributed by atoms with Gasteiger partial charge in [0.05, 0.1) is 6.61 Å². The van der Waals surface area contributed by atoms with E-state index >= 15 is 0 Å². The molecule has 1 rings (SSSR count). The van der Waals surface area contributed by atoms with Gasteiger partial charge in [0, 0.05) is 13.2 Å². The summed E-state index contributed by atoms with van der Waals surface area (Å²) in [6.07, 6.45) is 1.08. The highest BCUT2D eigenvalue weighted by molar-refractivity contribution is 6.20. The highest BCUT2D eigenvalue weighted by Crippen LogP contribution is 2.18. The number of halogens is 1. The Morgan fingerprint density at radius 3 is 2.65 bits per heavy atom. The van der Waals surface area contributed by atoms with Crippen LogP contribution in [0.3, 0.4) is 0 Å². The average Bonchev–Trinajstić information content (AvgIpc) is 2.71.